The van der Waals surface area contributed by atoms with Crippen molar-refractivity contribution in [2.45, 2.75) is 25.8 Å². The number of hydrogen-bond donors (Lipinski definition) is 1. The molecule has 4 nitrogen and oxygen atoms in total. The first-order valence-corrected chi connectivity index (χ1v) is 7.56. The number of hydrogen-bond acceptors (Lipinski definition) is 3. The van der Waals surface area contributed by atoms with Gasteiger partial charge in [0.05, 0.1) is 7.11 Å². The molecule has 1 atom stereocenters. The summed E-state index contributed by atoms with van der Waals surface area (Å²) in [6, 6.07) is 6.03. The maximum Gasteiger partial charge on any atom is 0.125 e. The van der Waals surface area contributed by atoms with Gasteiger partial charge in [0.1, 0.15) is 11.6 Å². The van der Waals surface area contributed by atoms with Gasteiger partial charge < -0.3 is 14.6 Å². The predicted octanol–water partition coefficient (Wildman–Crippen LogP) is 3.37. The molecule has 0 amide bonds. The molecule has 0 radical (unpaired) electrons. The molecule has 1 N–H and O–H groups in total. The molecule has 0 bridgehead atoms. The standard InChI is InChI=1S/C16H22ClN3O/c1-4-18-14(7-8-16-19-9-10-20(16)2)13-6-5-12(17)11-15(13)21-3/h5-6,9-11,14,18H,4,7-8H2,1-3H3. The van der Waals surface area contributed by atoms with Crippen molar-refractivity contribution in [2.75, 3.05) is 13.7 Å². The summed E-state index contributed by atoms with van der Waals surface area (Å²) < 4.78 is 7.53. The molecule has 0 aliphatic heterocycles. The van der Waals surface area contributed by atoms with Crippen LogP contribution in [0, 0.1) is 0 Å². The zero-order valence-electron chi connectivity index (χ0n) is 12.8. The number of aromatic nitrogens is 2. The van der Waals surface area contributed by atoms with E-state index in [9.17, 15) is 0 Å². The van der Waals surface area contributed by atoms with Gasteiger partial charge in [-0.2, -0.15) is 0 Å². The zero-order valence-corrected chi connectivity index (χ0v) is 13.5. The molecule has 1 aromatic carbocycles. The van der Waals surface area contributed by atoms with E-state index in [0.29, 0.717) is 5.02 Å². The van der Waals surface area contributed by atoms with E-state index < -0.39 is 0 Å². The number of aryl methyl sites for hydroxylation is 2. The van der Waals surface area contributed by atoms with Crippen LogP contribution in [0.4, 0.5) is 0 Å². The van der Waals surface area contributed by atoms with Crippen molar-refractivity contribution in [1.29, 1.82) is 0 Å². The van der Waals surface area contributed by atoms with Gasteiger partial charge in [0, 0.05) is 42.5 Å². The molecular formula is C16H22ClN3O. The van der Waals surface area contributed by atoms with Crippen LogP contribution in [0.3, 0.4) is 0 Å². The Morgan fingerprint density at radius 3 is 2.86 bits per heavy atom. The fraction of sp³-hybridized carbons (Fsp3) is 0.438. The Bertz CT molecular complexity index is 583. The van der Waals surface area contributed by atoms with Crippen molar-refractivity contribution in [1.82, 2.24) is 14.9 Å². The number of benzene rings is 1. The quantitative estimate of drug-likeness (QED) is 0.852. The van der Waals surface area contributed by atoms with Gasteiger partial charge in [-0.15, -0.1) is 0 Å². The van der Waals surface area contributed by atoms with E-state index in [0.717, 1.165) is 36.5 Å². The Morgan fingerprint density at radius 1 is 1.43 bits per heavy atom. The van der Waals surface area contributed by atoms with Crippen molar-refractivity contribution in [3.8, 4) is 5.75 Å². The molecule has 1 aromatic heterocycles. The van der Waals surface area contributed by atoms with Gasteiger partial charge >= 0.3 is 0 Å². The highest BCUT2D eigenvalue weighted by molar-refractivity contribution is 6.30. The van der Waals surface area contributed by atoms with Crippen molar-refractivity contribution in [3.63, 3.8) is 0 Å². The lowest BCUT2D eigenvalue weighted by Crippen LogP contribution is -2.22. The van der Waals surface area contributed by atoms with Crippen molar-refractivity contribution >= 4 is 11.6 Å². The Morgan fingerprint density at radius 2 is 2.24 bits per heavy atom. The SMILES string of the molecule is CCNC(CCc1nccn1C)c1ccc(Cl)cc1OC. The second kappa shape index (κ2) is 7.48. The topological polar surface area (TPSA) is 39.1 Å². The number of nitrogens with one attached hydrogen (secondary N) is 1. The molecule has 0 aliphatic rings. The third-order valence-electron chi connectivity index (χ3n) is 3.60. The average Bonchev–Trinajstić information content (AvgIpc) is 2.89. The summed E-state index contributed by atoms with van der Waals surface area (Å²) in [4.78, 5) is 4.38. The summed E-state index contributed by atoms with van der Waals surface area (Å²) in [6.07, 6.45) is 5.67. The van der Waals surface area contributed by atoms with E-state index in [1.165, 1.54) is 0 Å². The zero-order chi connectivity index (χ0) is 15.2. The summed E-state index contributed by atoms with van der Waals surface area (Å²) in [7, 11) is 3.70. The predicted molar refractivity (Wildman–Crippen MR) is 86.0 cm³/mol. The molecule has 1 unspecified atom stereocenters. The lowest BCUT2D eigenvalue weighted by Gasteiger charge is -2.21. The second-order valence-electron chi connectivity index (χ2n) is 4.99. The first-order valence-electron chi connectivity index (χ1n) is 7.18. The van der Waals surface area contributed by atoms with Crippen LogP contribution in [0.2, 0.25) is 5.02 Å². The highest BCUT2D eigenvalue weighted by atomic mass is 35.5. The third-order valence-corrected chi connectivity index (χ3v) is 3.83. The van der Waals surface area contributed by atoms with Crippen molar-refractivity contribution in [3.05, 3.63) is 47.0 Å². The summed E-state index contributed by atoms with van der Waals surface area (Å²) in [5, 5.41) is 4.20. The summed E-state index contributed by atoms with van der Waals surface area (Å²) in [6.45, 7) is 3.01. The lowest BCUT2D eigenvalue weighted by molar-refractivity contribution is 0.395. The third kappa shape index (κ3) is 3.99. The number of rotatable bonds is 7. The smallest absolute Gasteiger partial charge is 0.125 e. The van der Waals surface area contributed by atoms with E-state index in [1.807, 2.05) is 37.6 Å². The molecule has 1 heterocycles. The van der Waals surface area contributed by atoms with Gasteiger partial charge in [0.15, 0.2) is 0 Å². The fourth-order valence-corrected chi connectivity index (χ4v) is 2.66. The fourth-order valence-electron chi connectivity index (χ4n) is 2.50. The van der Waals surface area contributed by atoms with Crippen LogP contribution in [-0.4, -0.2) is 23.2 Å². The van der Waals surface area contributed by atoms with E-state index in [2.05, 4.69) is 21.8 Å². The number of nitrogens with zero attached hydrogens (tertiary/aromatic N) is 2. The second-order valence-corrected chi connectivity index (χ2v) is 5.43. The monoisotopic (exact) mass is 307 g/mol. The Kier molecular flexibility index (Phi) is 5.65. The van der Waals surface area contributed by atoms with Crippen LogP contribution in [0.25, 0.3) is 0 Å². The van der Waals surface area contributed by atoms with E-state index in [4.69, 9.17) is 16.3 Å². The Balaban J connectivity index is 2.16. The number of imidazole rings is 1. The molecule has 0 aliphatic carbocycles. The summed E-state index contributed by atoms with van der Waals surface area (Å²) >= 11 is 6.04. The number of methoxy groups -OCH3 is 1. The number of halogens is 1. The van der Waals surface area contributed by atoms with Crippen molar-refractivity contribution < 1.29 is 4.74 Å². The minimum atomic E-state index is 0.221. The molecule has 2 rings (SSSR count). The minimum absolute atomic E-state index is 0.221. The van der Waals surface area contributed by atoms with Crippen LogP contribution in [-0.2, 0) is 13.5 Å². The summed E-state index contributed by atoms with van der Waals surface area (Å²) in [5.41, 5.74) is 1.14. The Labute approximate surface area is 131 Å². The van der Waals surface area contributed by atoms with E-state index in [1.54, 1.807) is 7.11 Å². The molecule has 0 fully saturated rings. The van der Waals surface area contributed by atoms with Crippen molar-refractivity contribution in [2.24, 2.45) is 7.05 Å². The highest BCUT2D eigenvalue weighted by Gasteiger charge is 2.16. The average molecular weight is 308 g/mol. The molecule has 5 heteroatoms. The normalized spacial score (nSPS) is 12.4. The van der Waals surface area contributed by atoms with Gasteiger partial charge in [-0.1, -0.05) is 24.6 Å². The van der Waals surface area contributed by atoms with Gasteiger partial charge in [-0.3, -0.25) is 0 Å². The Hall–Kier alpha value is -1.52. The molecule has 0 saturated carbocycles. The molecular weight excluding hydrogens is 286 g/mol. The molecule has 114 valence electrons. The van der Waals surface area contributed by atoms with Crippen LogP contribution < -0.4 is 10.1 Å². The maximum atomic E-state index is 6.04. The van der Waals surface area contributed by atoms with Crippen LogP contribution in [0.1, 0.15) is 30.8 Å². The molecule has 0 saturated heterocycles. The van der Waals surface area contributed by atoms with Gasteiger partial charge in [-0.05, 0) is 25.1 Å². The number of ether oxygens (including phenoxy) is 1. The molecule has 0 spiro atoms. The lowest BCUT2D eigenvalue weighted by atomic mass is 10.0. The minimum Gasteiger partial charge on any atom is -0.496 e. The highest BCUT2D eigenvalue weighted by Crippen LogP contribution is 2.30. The largest absolute Gasteiger partial charge is 0.496 e. The van der Waals surface area contributed by atoms with Gasteiger partial charge in [0.25, 0.3) is 0 Å². The van der Waals surface area contributed by atoms with Crippen LogP contribution in [0.5, 0.6) is 5.75 Å². The van der Waals surface area contributed by atoms with Crippen LogP contribution >= 0.6 is 11.6 Å². The van der Waals surface area contributed by atoms with E-state index >= 15 is 0 Å². The van der Waals surface area contributed by atoms with Crippen LogP contribution in [0.15, 0.2) is 30.6 Å². The maximum absolute atomic E-state index is 6.04. The molecule has 21 heavy (non-hydrogen) atoms. The first-order chi connectivity index (χ1) is 10.2. The summed E-state index contributed by atoms with van der Waals surface area (Å²) in [5.74, 6) is 1.92. The molecule has 2 aromatic rings. The first kappa shape index (κ1) is 15.9. The van der Waals surface area contributed by atoms with Gasteiger partial charge in [0.2, 0.25) is 0 Å². The van der Waals surface area contributed by atoms with E-state index in [-0.39, 0.29) is 6.04 Å². The van der Waals surface area contributed by atoms with Gasteiger partial charge in [-0.25, -0.2) is 4.98 Å².